The van der Waals surface area contributed by atoms with Gasteiger partial charge in [0, 0.05) is 22.7 Å². The summed E-state index contributed by atoms with van der Waals surface area (Å²) < 4.78 is 6.18. The molecule has 1 aliphatic heterocycles. The lowest BCUT2D eigenvalue weighted by Crippen LogP contribution is -2.62. The van der Waals surface area contributed by atoms with Crippen LogP contribution in [-0.4, -0.2) is 61.7 Å². The molecule has 3 heterocycles. The van der Waals surface area contributed by atoms with E-state index in [2.05, 4.69) is 31.2 Å². The Morgan fingerprint density at radius 1 is 1.50 bits per heavy atom. The molecule has 5 atom stereocenters. The second kappa shape index (κ2) is 10.3. The van der Waals surface area contributed by atoms with Crippen LogP contribution in [0.2, 0.25) is 5.15 Å². The summed E-state index contributed by atoms with van der Waals surface area (Å²) in [6.45, 7) is -0.445. The van der Waals surface area contributed by atoms with E-state index in [-0.39, 0.29) is 11.4 Å². The van der Waals surface area contributed by atoms with Gasteiger partial charge >= 0.3 is 0 Å². The zero-order valence-corrected chi connectivity index (χ0v) is 19.1. The van der Waals surface area contributed by atoms with Gasteiger partial charge in [-0.05, 0) is 22.0 Å². The van der Waals surface area contributed by atoms with Crippen molar-refractivity contribution < 1.29 is 20.1 Å². The van der Waals surface area contributed by atoms with Crippen LogP contribution < -0.4 is 11.1 Å². The average Bonchev–Trinajstić information content (AvgIpc) is 3.16. The fourth-order valence-corrected chi connectivity index (χ4v) is 5.26. The van der Waals surface area contributed by atoms with E-state index in [0.717, 1.165) is 11.8 Å². The number of rotatable bonds is 6. The molecule has 1 saturated heterocycles. The molecule has 1 aliphatic rings. The van der Waals surface area contributed by atoms with Crippen molar-refractivity contribution in [1.29, 1.82) is 5.26 Å². The highest BCUT2D eigenvalue weighted by atomic mass is 79.9. The van der Waals surface area contributed by atoms with E-state index in [4.69, 9.17) is 27.3 Å². The summed E-state index contributed by atoms with van der Waals surface area (Å²) in [5.74, 6) is 0. The highest BCUT2D eigenvalue weighted by Crippen LogP contribution is 2.34. The second-order valence-corrected chi connectivity index (χ2v) is 9.48. The zero-order chi connectivity index (χ0) is 21.8. The van der Waals surface area contributed by atoms with Gasteiger partial charge in [-0.25, -0.2) is 9.97 Å². The van der Waals surface area contributed by atoms with Gasteiger partial charge in [0.1, 0.15) is 40.0 Å². The molecule has 0 aromatic carbocycles. The third kappa shape index (κ3) is 5.24. The first-order valence-electron chi connectivity index (χ1n) is 8.52. The Labute approximate surface area is 193 Å². The van der Waals surface area contributed by atoms with Gasteiger partial charge in [0.2, 0.25) is 0 Å². The van der Waals surface area contributed by atoms with Gasteiger partial charge in [0.05, 0.1) is 22.8 Å². The van der Waals surface area contributed by atoms with Crippen LogP contribution in [0.25, 0.3) is 5.70 Å². The largest absolute Gasteiger partial charge is 0.395 e. The summed E-state index contributed by atoms with van der Waals surface area (Å²) >= 11 is 11.5. The minimum Gasteiger partial charge on any atom is -0.395 e. The first-order chi connectivity index (χ1) is 14.3. The molecule has 0 bridgehead atoms. The van der Waals surface area contributed by atoms with Crippen molar-refractivity contribution in [2.45, 2.75) is 34.7 Å². The number of halogens is 2. The van der Waals surface area contributed by atoms with Crippen molar-refractivity contribution in [2.75, 3.05) is 6.61 Å². The minimum absolute atomic E-state index is 0.232. The lowest BCUT2D eigenvalue weighted by molar-refractivity contribution is -0.164. The van der Waals surface area contributed by atoms with Crippen molar-refractivity contribution >= 4 is 56.3 Å². The number of nitriles is 1. The monoisotopic (exact) mass is 533 g/mol. The maximum absolute atomic E-state index is 10.8. The summed E-state index contributed by atoms with van der Waals surface area (Å²) in [5.41, 5.74) is 5.67. The van der Waals surface area contributed by atoms with Gasteiger partial charge in [-0.15, -0.1) is 11.3 Å². The van der Waals surface area contributed by atoms with Gasteiger partial charge < -0.3 is 31.1 Å². The van der Waals surface area contributed by atoms with Gasteiger partial charge in [-0.1, -0.05) is 23.4 Å². The number of nitrogens with one attached hydrogen (secondary N) is 1. The van der Waals surface area contributed by atoms with Crippen LogP contribution in [0.1, 0.15) is 10.7 Å². The van der Waals surface area contributed by atoms with Gasteiger partial charge in [-0.2, -0.15) is 5.26 Å². The number of nitrogens with two attached hydrogens (primary N) is 1. The molecule has 0 saturated carbocycles. The third-order valence-electron chi connectivity index (χ3n) is 4.21. The molecule has 6 N–H and O–H groups in total. The van der Waals surface area contributed by atoms with Crippen LogP contribution in [0, 0.1) is 11.3 Å². The van der Waals surface area contributed by atoms with E-state index in [0.29, 0.717) is 19.5 Å². The molecular formula is C17H17BrClN5O4S2. The van der Waals surface area contributed by atoms with E-state index >= 15 is 0 Å². The predicted octanol–water partition coefficient (Wildman–Crippen LogP) is 1.27. The maximum Gasteiger partial charge on any atom is 0.154 e. The summed E-state index contributed by atoms with van der Waals surface area (Å²) in [5, 5.41) is 45.2. The lowest BCUT2D eigenvalue weighted by Gasteiger charge is -2.42. The molecule has 9 nitrogen and oxygen atoms in total. The summed E-state index contributed by atoms with van der Waals surface area (Å²) in [6.07, 6.45) is -0.381. The number of ether oxygens (including phenoxy) is 1. The third-order valence-corrected chi connectivity index (χ3v) is 7.15. The molecule has 0 aliphatic carbocycles. The first kappa shape index (κ1) is 23.2. The van der Waals surface area contributed by atoms with Gasteiger partial charge in [0.25, 0.3) is 0 Å². The van der Waals surface area contributed by atoms with Crippen molar-refractivity contribution in [3.8, 4) is 6.07 Å². The van der Waals surface area contributed by atoms with Crippen molar-refractivity contribution in [3.05, 3.63) is 44.2 Å². The molecule has 3 rings (SSSR count). The Balaban J connectivity index is 1.77. The Bertz CT molecular complexity index is 972. The highest BCUT2D eigenvalue weighted by Gasteiger charge is 2.44. The van der Waals surface area contributed by atoms with Gasteiger partial charge in [-0.3, -0.25) is 0 Å². The molecule has 160 valence electrons. The molecule has 0 radical (unpaired) electrons. The first-order valence-corrected chi connectivity index (χ1v) is 11.4. The smallest absolute Gasteiger partial charge is 0.154 e. The fourth-order valence-electron chi connectivity index (χ4n) is 2.72. The number of pyridine rings is 1. The molecule has 2 aromatic rings. The van der Waals surface area contributed by atoms with Crippen LogP contribution in [-0.2, 0) is 4.74 Å². The number of nitrogens with zero attached hydrogens (tertiary/aromatic N) is 3. The number of aliphatic hydroxyl groups is 3. The normalized spacial score (nSPS) is 26.9. The number of hydrogen-bond donors (Lipinski definition) is 5. The molecule has 13 heteroatoms. The number of thiazole rings is 1. The van der Waals surface area contributed by atoms with E-state index < -0.39 is 36.4 Å². The predicted molar refractivity (Wildman–Crippen MR) is 116 cm³/mol. The summed E-state index contributed by atoms with van der Waals surface area (Å²) in [6, 6.07) is 2.75. The Morgan fingerprint density at radius 2 is 2.27 bits per heavy atom. The maximum atomic E-state index is 10.8. The van der Waals surface area contributed by atoms with E-state index in [1.54, 1.807) is 11.4 Å². The minimum atomic E-state index is -1.20. The Kier molecular flexibility index (Phi) is 7.94. The second-order valence-electron chi connectivity index (χ2n) is 6.21. The van der Waals surface area contributed by atoms with Crippen LogP contribution >= 0.6 is 50.6 Å². The van der Waals surface area contributed by atoms with E-state index in [9.17, 15) is 15.3 Å². The topological polar surface area (TPSA) is 158 Å². The molecule has 5 unspecified atom stereocenters. The molecule has 30 heavy (non-hydrogen) atoms. The van der Waals surface area contributed by atoms with Crippen LogP contribution in [0.5, 0.6) is 0 Å². The molecular weight excluding hydrogens is 518 g/mol. The summed E-state index contributed by atoms with van der Waals surface area (Å²) in [7, 11) is 0. The van der Waals surface area contributed by atoms with Crippen LogP contribution in [0.3, 0.4) is 0 Å². The molecule has 2 aromatic heterocycles. The quantitative estimate of drug-likeness (QED) is 0.365. The van der Waals surface area contributed by atoms with Crippen molar-refractivity contribution in [3.63, 3.8) is 0 Å². The molecule has 0 spiro atoms. The highest BCUT2D eigenvalue weighted by molar-refractivity contribution is 9.10. The SMILES string of the molecule is N#Cc1ncc(SC2OC(CO)C(O)C(N/C=C(\N)c3nc(Cl)cs3)C2O)cc1Br. The van der Waals surface area contributed by atoms with Crippen LogP contribution in [0.4, 0.5) is 0 Å². The van der Waals surface area contributed by atoms with Gasteiger partial charge in [0.15, 0.2) is 5.69 Å². The number of aromatic nitrogens is 2. The lowest BCUT2D eigenvalue weighted by atomic mass is 9.97. The number of thioether (sulfide) groups is 1. The van der Waals surface area contributed by atoms with Crippen molar-refractivity contribution in [1.82, 2.24) is 15.3 Å². The Morgan fingerprint density at radius 3 is 2.87 bits per heavy atom. The van der Waals surface area contributed by atoms with E-state index in [1.807, 2.05) is 6.07 Å². The van der Waals surface area contributed by atoms with Crippen LogP contribution in [0.15, 0.2) is 33.2 Å². The Hall–Kier alpha value is -1.43. The number of hydrogen-bond acceptors (Lipinski definition) is 11. The molecule has 0 amide bonds. The summed E-state index contributed by atoms with van der Waals surface area (Å²) in [4.78, 5) is 8.72. The standard InChI is InChI=1S/C17H17BrClN5O4S2/c18-8-1-7(3-22-10(8)2-20)30-17-15(27)13(14(26)11(5-25)28-17)23-4-9(21)16-24-12(19)6-29-16/h1,3-4,6,11,13-15,17,23,25-27H,5,21H2/b9-4-. The molecule has 1 fully saturated rings. The van der Waals surface area contributed by atoms with E-state index in [1.165, 1.54) is 23.7 Å². The number of aliphatic hydroxyl groups excluding tert-OH is 3. The average molecular weight is 535 g/mol. The van der Waals surface area contributed by atoms with Crippen molar-refractivity contribution in [2.24, 2.45) is 5.73 Å². The fraction of sp³-hybridized carbons (Fsp3) is 0.353. The zero-order valence-electron chi connectivity index (χ0n) is 15.1.